The van der Waals surface area contributed by atoms with Crippen LogP contribution in [0.5, 0.6) is 0 Å². The second-order valence-electron chi connectivity index (χ2n) is 6.68. The first-order valence-electron chi connectivity index (χ1n) is 8.73. The standard InChI is InChI=1S/C20H21F2N3OS2.ClH/c1-13-4-6-15(7-5-13)27-12-18(26)25(9-8-24(2)3)20-23-19-16(22)10-14(21)11-17(19)28-20;/h4-7,10-11H,8-9,12H2,1-3H3;1H. The lowest BCUT2D eigenvalue weighted by Crippen LogP contribution is -2.37. The molecule has 0 spiro atoms. The molecule has 0 aliphatic rings. The van der Waals surface area contributed by atoms with E-state index in [1.807, 2.05) is 50.2 Å². The molecule has 9 heteroatoms. The Morgan fingerprint density at radius 2 is 1.83 bits per heavy atom. The number of halogens is 3. The number of carbonyl (C=O) groups is 1. The molecule has 0 aliphatic carbocycles. The zero-order valence-corrected chi connectivity index (χ0v) is 18.8. The predicted molar refractivity (Wildman–Crippen MR) is 120 cm³/mol. The molecule has 0 unspecified atom stereocenters. The molecule has 0 fully saturated rings. The third-order valence-electron chi connectivity index (χ3n) is 4.09. The lowest BCUT2D eigenvalue weighted by Gasteiger charge is -2.21. The predicted octanol–water partition coefficient (Wildman–Crippen LogP) is 4.99. The summed E-state index contributed by atoms with van der Waals surface area (Å²) in [6.07, 6.45) is 0. The molecule has 3 aromatic rings. The molecular weight excluding hydrogens is 436 g/mol. The lowest BCUT2D eigenvalue weighted by molar-refractivity contribution is -0.116. The summed E-state index contributed by atoms with van der Waals surface area (Å²) in [5.41, 5.74) is 1.25. The van der Waals surface area contributed by atoms with Crippen LogP contribution in [0.1, 0.15) is 5.56 Å². The summed E-state index contributed by atoms with van der Waals surface area (Å²) < 4.78 is 27.9. The SMILES string of the molecule is Cc1ccc(SCC(=O)N(CCN(C)C)c2nc3c(F)cc(F)cc3s2)cc1.Cl. The minimum absolute atomic E-state index is 0. The molecule has 0 atom stereocenters. The number of hydrogen-bond acceptors (Lipinski definition) is 5. The highest BCUT2D eigenvalue weighted by Gasteiger charge is 2.21. The first kappa shape index (κ1) is 23.5. The molecule has 1 heterocycles. The van der Waals surface area contributed by atoms with Crippen LogP contribution in [0.2, 0.25) is 0 Å². The van der Waals surface area contributed by atoms with Crippen molar-refractivity contribution in [3.8, 4) is 0 Å². The number of aromatic nitrogens is 1. The number of fused-ring (bicyclic) bond motifs is 1. The van der Waals surface area contributed by atoms with Gasteiger partial charge < -0.3 is 4.90 Å². The Morgan fingerprint density at radius 3 is 2.48 bits per heavy atom. The average molecular weight is 458 g/mol. The Labute approximate surface area is 183 Å². The summed E-state index contributed by atoms with van der Waals surface area (Å²) in [4.78, 5) is 21.7. The van der Waals surface area contributed by atoms with E-state index in [0.717, 1.165) is 27.9 Å². The monoisotopic (exact) mass is 457 g/mol. The molecule has 0 N–H and O–H groups in total. The Morgan fingerprint density at radius 1 is 1.14 bits per heavy atom. The fourth-order valence-electron chi connectivity index (χ4n) is 2.55. The normalized spacial score (nSPS) is 11.0. The number of benzene rings is 2. The van der Waals surface area contributed by atoms with Crippen LogP contribution in [0.3, 0.4) is 0 Å². The van der Waals surface area contributed by atoms with E-state index in [-0.39, 0.29) is 29.6 Å². The van der Waals surface area contributed by atoms with Crippen molar-refractivity contribution in [2.45, 2.75) is 11.8 Å². The number of amides is 1. The van der Waals surface area contributed by atoms with Crippen molar-refractivity contribution in [1.82, 2.24) is 9.88 Å². The van der Waals surface area contributed by atoms with Gasteiger partial charge >= 0.3 is 0 Å². The zero-order chi connectivity index (χ0) is 20.3. The molecule has 4 nitrogen and oxygen atoms in total. The molecule has 156 valence electrons. The van der Waals surface area contributed by atoms with Crippen LogP contribution < -0.4 is 4.90 Å². The summed E-state index contributed by atoms with van der Waals surface area (Å²) >= 11 is 2.57. The molecule has 0 saturated heterocycles. The maximum atomic E-state index is 14.0. The van der Waals surface area contributed by atoms with Crippen molar-refractivity contribution in [3.05, 3.63) is 53.6 Å². The quantitative estimate of drug-likeness (QED) is 0.468. The van der Waals surface area contributed by atoms with E-state index in [4.69, 9.17) is 0 Å². The van der Waals surface area contributed by atoms with Gasteiger partial charge in [0, 0.05) is 24.1 Å². The minimum atomic E-state index is -0.716. The van der Waals surface area contributed by atoms with Crippen LogP contribution in [0.4, 0.5) is 13.9 Å². The van der Waals surface area contributed by atoms with Crippen LogP contribution in [-0.2, 0) is 4.79 Å². The fraction of sp³-hybridized carbons (Fsp3) is 0.300. The van der Waals surface area contributed by atoms with Gasteiger partial charge in [-0.15, -0.1) is 24.2 Å². The number of aryl methyl sites for hydroxylation is 1. The summed E-state index contributed by atoms with van der Waals surface area (Å²) in [6.45, 7) is 3.07. The maximum Gasteiger partial charge on any atom is 0.239 e. The van der Waals surface area contributed by atoms with Gasteiger partial charge in [0.1, 0.15) is 11.3 Å². The van der Waals surface area contributed by atoms with Gasteiger partial charge in [0.25, 0.3) is 0 Å². The number of thioether (sulfide) groups is 1. The van der Waals surface area contributed by atoms with Gasteiger partial charge in [-0.2, -0.15) is 0 Å². The van der Waals surface area contributed by atoms with Gasteiger partial charge in [-0.3, -0.25) is 9.69 Å². The number of thiazole rings is 1. The van der Waals surface area contributed by atoms with E-state index in [2.05, 4.69) is 4.98 Å². The van der Waals surface area contributed by atoms with Crippen LogP contribution in [0, 0.1) is 18.6 Å². The van der Waals surface area contributed by atoms with Crippen LogP contribution in [0.15, 0.2) is 41.3 Å². The molecule has 0 bridgehead atoms. The Kier molecular flexibility index (Phi) is 8.39. The highest BCUT2D eigenvalue weighted by Crippen LogP contribution is 2.32. The van der Waals surface area contributed by atoms with Gasteiger partial charge in [0.05, 0.1) is 10.5 Å². The van der Waals surface area contributed by atoms with Gasteiger partial charge in [-0.25, -0.2) is 13.8 Å². The molecule has 29 heavy (non-hydrogen) atoms. The van der Waals surface area contributed by atoms with Crippen molar-refractivity contribution < 1.29 is 13.6 Å². The van der Waals surface area contributed by atoms with Crippen molar-refractivity contribution in [3.63, 3.8) is 0 Å². The van der Waals surface area contributed by atoms with E-state index in [1.165, 1.54) is 17.8 Å². The Hall–Kier alpha value is -1.74. The Bertz CT molecular complexity index is 980. The van der Waals surface area contributed by atoms with E-state index >= 15 is 0 Å². The van der Waals surface area contributed by atoms with Crippen LogP contribution in [0.25, 0.3) is 10.2 Å². The smallest absolute Gasteiger partial charge is 0.239 e. The molecule has 0 radical (unpaired) electrons. The number of nitrogens with zero attached hydrogens (tertiary/aromatic N) is 3. The van der Waals surface area contributed by atoms with Crippen LogP contribution in [-0.4, -0.2) is 48.7 Å². The zero-order valence-electron chi connectivity index (χ0n) is 16.3. The number of anilines is 1. The van der Waals surface area contributed by atoms with E-state index in [9.17, 15) is 13.6 Å². The van der Waals surface area contributed by atoms with Crippen molar-refractivity contribution in [1.29, 1.82) is 0 Å². The topological polar surface area (TPSA) is 36.4 Å². The number of rotatable bonds is 7. The highest BCUT2D eigenvalue weighted by atomic mass is 35.5. The van der Waals surface area contributed by atoms with E-state index < -0.39 is 11.6 Å². The highest BCUT2D eigenvalue weighted by molar-refractivity contribution is 8.00. The summed E-state index contributed by atoms with van der Waals surface area (Å²) in [5, 5.41) is 0.385. The summed E-state index contributed by atoms with van der Waals surface area (Å²) in [6, 6.07) is 10.0. The van der Waals surface area contributed by atoms with Gasteiger partial charge in [-0.05, 0) is 39.2 Å². The molecular formula is C20H22ClF2N3OS2. The molecule has 1 aromatic heterocycles. The van der Waals surface area contributed by atoms with Crippen molar-refractivity contribution in [2.75, 3.05) is 37.8 Å². The van der Waals surface area contributed by atoms with E-state index in [0.29, 0.717) is 22.9 Å². The lowest BCUT2D eigenvalue weighted by atomic mass is 10.2. The number of carbonyl (C=O) groups excluding carboxylic acids is 1. The Balaban J connectivity index is 0.00000300. The molecule has 0 aliphatic heterocycles. The van der Waals surface area contributed by atoms with Crippen LogP contribution >= 0.6 is 35.5 Å². The van der Waals surface area contributed by atoms with Gasteiger partial charge in [0.2, 0.25) is 5.91 Å². The first-order valence-corrected chi connectivity index (χ1v) is 10.5. The summed E-state index contributed by atoms with van der Waals surface area (Å²) in [7, 11) is 3.83. The van der Waals surface area contributed by atoms with E-state index in [1.54, 1.807) is 4.90 Å². The minimum Gasteiger partial charge on any atom is -0.308 e. The first-order chi connectivity index (χ1) is 13.3. The molecule has 0 saturated carbocycles. The molecule has 2 aromatic carbocycles. The third kappa shape index (κ3) is 6.12. The fourth-order valence-corrected chi connectivity index (χ4v) is 4.37. The van der Waals surface area contributed by atoms with Gasteiger partial charge in [-0.1, -0.05) is 29.0 Å². The van der Waals surface area contributed by atoms with Crippen molar-refractivity contribution in [2.24, 2.45) is 0 Å². The summed E-state index contributed by atoms with van der Waals surface area (Å²) in [5.74, 6) is -1.25. The van der Waals surface area contributed by atoms with Crippen molar-refractivity contribution >= 4 is 56.8 Å². The second kappa shape index (κ2) is 10.3. The largest absolute Gasteiger partial charge is 0.308 e. The number of hydrogen-bond donors (Lipinski definition) is 0. The molecule has 1 amide bonds. The second-order valence-corrected chi connectivity index (χ2v) is 8.74. The molecule has 3 rings (SSSR count). The average Bonchev–Trinajstić information content (AvgIpc) is 3.05. The maximum absolute atomic E-state index is 14.0. The van der Waals surface area contributed by atoms with Gasteiger partial charge in [0.15, 0.2) is 10.9 Å². The third-order valence-corrected chi connectivity index (χ3v) is 6.11. The number of likely N-dealkylation sites (N-methyl/N-ethyl adjacent to an activating group) is 1.